The molecular formula is C4H8Cl3F2O4P. The molecule has 0 saturated carbocycles. The number of halogens is 5. The van der Waals surface area contributed by atoms with Gasteiger partial charge in [-0.25, -0.2) is 13.3 Å². The van der Waals surface area contributed by atoms with Crippen LogP contribution in [0.2, 0.25) is 0 Å². The van der Waals surface area contributed by atoms with Crippen molar-refractivity contribution < 1.29 is 27.3 Å². The number of rotatable bonds is 6. The minimum atomic E-state index is -4.76. The lowest BCUT2D eigenvalue weighted by molar-refractivity contribution is -0.00232. The fourth-order valence-electron chi connectivity index (χ4n) is 0.370. The Morgan fingerprint density at radius 3 is 1.71 bits per heavy atom. The van der Waals surface area contributed by atoms with E-state index in [-0.39, 0.29) is 12.4 Å². The lowest BCUT2D eigenvalue weighted by atomic mass is 10.8. The smallest absolute Gasteiger partial charge is 0.302 e. The average molecular weight is 295 g/mol. The summed E-state index contributed by atoms with van der Waals surface area (Å²) < 4.78 is 42.7. The molecule has 0 spiro atoms. The van der Waals surface area contributed by atoms with Gasteiger partial charge in [0, 0.05) is 0 Å². The van der Waals surface area contributed by atoms with Crippen molar-refractivity contribution in [2.45, 2.75) is 12.7 Å². The first kappa shape index (κ1) is 17.2. The van der Waals surface area contributed by atoms with Crippen molar-refractivity contribution >= 4 is 43.4 Å². The molecule has 0 aromatic carbocycles. The minimum Gasteiger partial charge on any atom is -0.302 e. The van der Waals surface area contributed by atoms with Gasteiger partial charge in [0.05, 0.1) is 11.8 Å². The molecule has 0 aliphatic heterocycles. The summed E-state index contributed by atoms with van der Waals surface area (Å²) in [5.74, 6) is -1.32. The fraction of sp³-hybridized carbons (Fsp3) is 1.00. The molecular weight excluding hydrogens is 287 g/mol. The van der Waals surface area contributed by atoms with Crippen LogP contribution in [0.5, 0.6) is 0 Å². The van der Waals surface area contributed by atoms with Crippen LogP contribution in [0.1, 0.15) is 0 Å². The van der Waals surface area contributed by atoms with E-state index in [1.165, 1.54) is 0 Å². The molecule has 4 nitrogen and oxygen atoms in total. The van der Waals surface area contributed by atoms with Crippen LogP contribution in [0.4, 0.5) is 8.78 Å². The second-order valence-electron chi connectivity index (χ2n) is 1.81. The lowest BCUT2D eigenvalue weighted by Crippen LogP contribution is -2.12. The van der Waals surface area contributed by atoms with Crippen LogP contribution >= 0.6 is 43.4 Å². The van der Waals surface area contributed by atoms with E-state index in [4.69, 9.17) is 28.1 Å². The summed E-state index contributed by atoms with van der Waals surface area (Å²) in [6, 6.07) is 0. The summed E-state index contributed by atoms with van der Waals surface area (Å²) in [6.07, 6.45) is -4.39. The summed E-state index contributed by atoms with van der Waals surface area (Å²) >= 11 is 9.84. The summed E-state index contributed by atoms with van der Waals surface area (Å²) in [5, 5.41) is 0. The minimum absolute atomic E-state index is 0. The molecule has 0 heterocycles. The topological polar surface area (TPSA) is 55.8 Å². The summed E-state index contributed by atoms with van der Waals surface area (Å²) in [6.45, 7) is 0. The quantitative estimate of drug-likeness (QED) is 0.604. The average Bonchev–Trinajstić information content (AvgIpc) is 2.02. The Morgan fingerprint density at radius 1 is 1.21 bits per heavy atom. The van der Waals surface area contributed by atoms with E-state index >= 15 is 0 Å². The van der Waals surface area contributed by atoms with Gasteiger partial charge in [0.15, 0.2) is 0 Å². The molecule has 0 aliphatic rings. The highest BCUT2D eigenvalue weighted by Crippen LogP contribution is 2.46. The van der Waals surface area contributed by atoms with Gasteiger partial charge in [-0.05, 0) is 0 Å². The normalized spacial score (nSPS) is 19.2. The second-order valence-corrected chi connectivity index (χ2v) is 3.78. The van der Waals surface area contributed by atoms with Gasteiger partial charge in [-0.15, -0.1) is 35.6 Å². The van der Waals surface area contributed by atoms with Crippen molar-refractivity contribution in [1.29, 1.82) is 0 Å². The largest absolute Gasteiger partial charge is 0.477 e. The molecule has 14 heavy (non-hydrogen) atoms. The third-order valence-electron chi connectivity index (χ3n) is 0.738. The molecule has 0 aromatic rings. The molecule has 88 valence electrons. The molecule has 0 aliphatic carbocycles. The SMILES string of the molecule is Cl.O=P(O)(OC(F)CCl)OC(F)CCl. The summed E-state index contributed by atoms with van der Waals surface area (Å²) in [4.78, 5) is 8.63. The number of alkyl halides is 4. The van der Waals surface area contributed by atoms with E-state index in [9.17, 15) is 13.3 Å². The standard InChI is InChI=1S/C4H7Cl2F2O4P.ClH/c5-1-3(7)11-13(9,10)12-4(8)2-6;/h3-4H,1-2H2,(H,9,10);1H. The molecule has 2 unspecified atom stereocenters. The van der Waals surface area contributed by atoms with Gasteiger partial charge in [-0.3, -0.25) is 9.05 Å². The molecule has 0 radical (unpaired) electrons. The monoisotopic (exact) mass is 294 g/mol. The third-order valence-corrected chi connectivity index (χ3v) is 2.21. The maximum atomic E-state index is 12.3. The van der Waals surface area contributed by atoms with Crippen LogP contribution in [-0.4, -0.2) is 29.4 Å². The number of phosphoric acid groups is 1. The van der Waals surface area contributed by atoms with Crippen molar-refractivity contribution in [1.82, 2.24) is 0 Å². The van der Waals surface area contributed by atoms with Crippen molar-refractivity contribution in [2.24, 2.45) is 0 Å². The highest BCUT2D eigenvalue weighted by molar-refractivity contribution is 7.47. The molecule has 0 bridgehead atoms. The fourth-order valence-corrected chi connectivity index (χ4v) is 1.45. The molecule has 1 N–H and O–H groups in total. The zero-order valence-electron chi connectivity index (χ0n) is 6.61. The van der Waals surface area contributed by atoms with Crippen molar-refractivity contribution in [3.05, 3.63) is 0 Å². The molecule has 0 fully saturated rings. The first-order chi connectivity index (χ1) is 5.91. The van der Waals surface area contributed by atoms with Gasteiger partial charge in [0.1, 0.15) is 0 Å². The predicted molar refractivity (Wildman–Crippen MR) is 50.5 cm³/mol. The van der Waals surface area contributed by atoms with Gasteiger partial charge in [0.25, 0.3) is 0 Å². The molecule has 2 atom stereocenters. The van der Waals surface area contributed by atoms with E-state index in [1.807, 2.05) is 0 Å². The lowest BCUT2D eigenvalue weighted by Gasteiger charge is -2.14. The Hall–Kier alpha value is 0.840. The molecule has 0 aromatic heterocycles. The van der Waals surface area contributed by atoms with Crippen LogP contribution in [-0.2, 0) is 13.6 Å². The Balaban J connectivity index is 0. The van der Waals surface area contributed by atoms with E-state index < -0.39 is 32.3 Å². The first-order valence-electron chi connectivity index (χ1n) is 3.01. The van der Waals surface area contributed by atoms with Gasteiger partial charge in [0.2, 0.25) is 12.7 Å². The number of hydrogen-bond donors (Lipinski definition) is 1. The van der Waals surface area contributed by atoms with E-state index in [1.54, 1.807) is 0 Å². The van der Waals surface area contributed by atoms with Crippen molar-refractivity contribution in [3.63, 3.8) is 0 Å². The Morgan fingerprint density at radius 2 is 1.50 bits per heavy atom. The third kappa shape index (κ3) is 8.17. The van der Waals surface area contributed by atoms with Crippen LogP contribution in [0, 0.1) is 0 Å². The highest BCUT2D eigenvalue weighted by Gasteiger charge is 2.29. The molecule has 10 heteroatoms. The zero-order chi connectivity index (χ0) is 10.5. The van der Waals surface area contributed by atoms with E-state index in [0.29, 0.717) is 0 Å². The van der Waals surface area contributed by atoms with Gasteiger partial charge >= 0.3 is 7.82 Å². The summed E-state index contributed by atoms with van der Waals surface area (Å²) in [7, 11) is -4.76. The van der Waals surface area contributed by atoms with Crippen molar-refractivity contribution in [3.8, 4) is 0 Å². The molecule has 0 amide bonds. The summed E-state index contributed by atoms with van der Waals surface area (Å²) in [5.41, 5.74) is 0. The zero-order valence-corrected chi connectivity index (χ0v) is 9.83. The maximum absolute atomic E-state index is 12.3. The second kappa shape index (κ2) is 8.05. The van der Waals surface area contributed by atoms with E-state index in [2.05, 4.69) is 9.05 Å². The Bertz CT molecular complexity index is 181. The Labute approximate surface area is 95.5 Å². The van der Waals surface area contributed by atoms with E-state index in [0.717, 1.165) is 0 Å². The van der Waals surface area contributed by atoms with Crippen LogP contribution in [0.25, 0.3) is 0 Å². The molecule has 0 rings (SSSR count). The van der Waals surface area contributed by atoms with Crippen LogP contribution < -0.4 is 0 Å². The van der Waals surface area contributed by atoms with Gasteiger partial charge in [-0.1, -0.05) is 0 Å². The predicted octanol–water partition coefficient (Wildman–Crippen LogP) is 2.61. The highest BCUT2D eigenvalue weighted by atomic mass is 35.5. The van der Waals surface area contributed by atoms with Crippen molar-refractivity contribution in [2.75, 3.05) is 11.8 Å². The van der Waals surface area contributed by atoms with Gasteiger partial charge < -0.3 is 4.89 Å². The molecule has 0 saturated heterocycles. The van der Waals surface area contributed by atoms with Crippen LogP contribution in [0.15, 0.2) is 0 Å². The first-order valence-corrected chi connectivity index (χ1v) is 5.57. The van der Waals surface area contributed by atoms with Crippen LogP contribution in [0.3, 0.4) is 0 Å². The van der Waals surface area contributed by atoms with Gasteiger partial charge in [-0.2, -0.15) is 0 Å². The number of hydrogen-bond acceptors (Lipinski definition) is 3. The maximum Gasteiger partial charge on any atom is 0.477 e. The Kier molecular flexibility index (Phi) is 9.91. The number of phosphoric ester groups is 1.